The van der Waals surface area contributed by atoms with Crippen LogP contribution < -0.4 is 5.32 Å². The molecule has 21 heavy (non-hydrogen) atoms. The van der Waals surface area contributed by atoms with Crippen LogP contribution in [0.25, 0.3) is 0 Å². The van der Waals surface area contributed by atoms with Gasteiger partial charge in [-0.2, -0.15) is 0 Å². The molecule has 0 saturated carbocycles. The van der Waals surface area contributed by atoms with Crippen molar-refractivity contribution in [1.29, 1.82) is 0 Å². The van der Waals surface area contributed by atoms with Gasteiger partial charge < -0.3 is 10.1 Å². The second-order valence-corrected chi connectivity index (χ2v) is 4.36. The second-order valence-electron chi connectivity index (χ2n) is 4.36. The van der Waals surface area contributed by atoms with E-state index < -0.39 is 0 Å². The number of carbonyl (C=O) groups excluding carboxylic acids is 2. The van der Waals surface area contributed by atoms with Crippen LogP contribution in [-0.4, -0.2) is 33.5 Å². The molecule has 7 heteroatoms. The Hall–Kier alpha value is -2.70. The number of nitrogens with one attached hydrogen (secondary N) is 1. The first-order valence-electron chi connectivity index (χ1n) is 6.60. The predicted molar refractivity (Wildman–Crippen MR) is 75.7 cm³/mol. The molecule has 0 aliphatic carbocycles. The van der Waals surface area contributed by atoms with Crippen molar-refractivity contribution in [2.45, 2.75) is 19.9 Å². The summed E-state index contributed by atoms with van der Waals surface area (Å²) in [6, 6.07) is 6.54. The van der Waals surface area contributed by atoms with Gasteiger partial charge in [-0.1, -0.05) is 12.1 Å². The van der Waals surface area contributed by atoms with Crippen molar-refractivity contribution in [2.24, 2.45) is 0 Å². The molecule has 0 unspecified atom stereocenters. The normalized spacial score (nSPS) is 10.1. The van der Waals surface area contributed by atoms with Crippen LogP contribution in [0.1, 0.15) is 23.7 Å². The Morgan fingerprint density at radius 3 is 2.67 bits per heavy atom. The summed E-state index contributed by atoms with van der Waals surface area (Å²) in [7, 11) is 0. The Morgan fingerprint density at radius 1 is 1.29 bits per heavy atom. The highest BCUT2D eigenvalue weighted by Crippen LogP contribution is 2.10. The fourth-order valence-electron chi connectivity index (χ4n) is 1.63. The van der Waals surface area contributed by atoms with E-state index in [1.54, 1.807) is 30.5 Å². The molecule has 2 rings (SSSR count). The van der Waals surface area contributed by atoms with Crippen molar-refractivity contribution in [1.82, 2.24) is 15.0 Å². The van der Waals surface area contributed by atoms with Crippen LogP contribution in [0.4, 0.5) is 5.69 Å². The Kier molecular flexibility index (Phi) is 5.03. The molecule has 0 radical (unpaired) electrons. The lowest BCUT2D eigenvalue weighted by molar-refractivity contribution is -0.116. The second kappa shape index (κ2) is 7.18. The van der Waals surface area contributed by atoms with Gasteiger partial charge in [0, 0.05) is 11.9 Å². The molecule has 0 saturated heterocycles. The summed E-state index contributed by atoms with van der Waals surface area (Å²) in [6.45, 7) is 2.41. The minimum atomic E-state index is -0.364. The molecule has 1 aromatic carbocycles. The first-order valence-corrected chi connectivity index (χ1v) is 6.60. The van der Waals surface area contributed by atoms with E-state index in [2.05, 4.69) is 15.6 Å². The molecule has 0 aliphatic heterocycles. The SMILES string of the molecule is CCCOC(=O)c1ccc(NC(=O)Cn2ccnn2)cc1. The van der Waals surface area contributed by atoms with Gasteiger partial charge in [-0.15, -0.1) is 5.10 Å². The van der Waals surface area contributed by atoms with Gasteiger partial charge in [-0.05, 0) is 30.7 Å². The minimum absolute atomic E-state index is 0.0836. The lowest BCUT2D eigenvalue weighted by atomic mass is 10.2. The van der Waals surface area contributed by atoms with E-state index in [-0.39, 0.29) is 18.4 Å². The maximum absolute atomic E-state index is 11.7. The largest absolute Gasteiger partial charge is 0.462 e. The first-order chi connectivity index (χ1) is 10.2. The number of aromatic nitrogens is 3. The zero-order valence-corrected chi connectivity index (χ0v) is 11.7. The summed E-state index contributed by atoms with van der Waals surface area (Å²) in [6.07, 6.45) is 3.89. The van der Waals surface area contributed by atoms with E-state index in [0.29, 0.717) is 17.9 Å². The van der Waals surface area contributed by atoms with Crippen LogP contribution in [0.3, 0.4) is 0 Å². The first kappa shape index (κ1) is 14.7. The molecular formula is C14H16N4O3. The van der Waals surface area contributed by atoms with E-state index in [1.807, 2.05) is 6.92 Å². The molecule has 1 amide bonds. The average molecular weight is 288 g/mol. The van der Waals surface area contributed by atoms with E-state index in [0.717, 1.165) is 6.42 Å². The van der Waals surface area contributed by atoms with Crippen LogP contribution in [0.2, 0.25) is 0 Å². The molecule has 0 fully saturated rings. The van der Waals surface area contributed by atoms with Gasteiger partial charge in [0.25, 0.3) is 0 Å². The molecule has 2 aromatic rings. The highest BCUT2D eigenvalue weighted by atomic mass is 16.5. The predicted octanol–water partition coefficient (Wildman–Crippen LogP) is 1.48. The third-order valence-corrected chi connectivity index (χ3v) is 2.62. The van der Waals surface area contributed by atoms with Crippen LogP contribution in [-0.2, 0) is 16.1 Å². The van der Waals surface area contributed by atoms with Gasteiger partial charge in [-0.25, -0.2) is 9.48 Å². The van der Waals surface area contributed by atoms with Crippen molar-refractivity contribution in [3.8, 4) is 0 Å². The summed E-state index contributed by atoms with van der Waals surface area (Å²) >= 11 is 0. The van der Waals surface area contributed by atoms with Gasteiger partial charge >= 0.3 is 5.97 Å². The van der Waals surface area contributed by atoms with Crippen molar-refractivity contribution in [3.05, 3.63) is 42.2 Å². The van der Waals surface area contributed by atoms with Crippen LogP contribution >= 0.6 is 0 Å². The van der Waals surface area contributed by atoms with E-state index >= 15 is 0 Å². The maximum Gasteiger partial charge on any atom is 0.338 e. The van der Waals surface area contributed by atoms with E-state index in [4.69, 9.17) is 4.74 Å². The summed E-state index contributed by atoms with van der Waals surface area (Å²) < 4.78 is 6.45. The summed E-state index contributed by atoms with van der Waals surface area (Å²) in [5.74, 6) is -0.584. The molecule has 0 aliphatic rings. The Morgan fingerprint density at radius 2 is 2.05 bits per heavy atom. The molecular weight excluding hydrogens is 272 g/mol. The summed E-state index contributed by atoms with van der Waals surface area (Å²) in [5, 5.41) is 10.0. The third kappa shape index (κ3) is 4.41. The third-order valence-electron chi connectivity index (χ3n) is 2.62. The molecule has 0 atom stereocenters. The number of ether oxygens (including phenoxy) is 1. The van der Waals surface area contributed by atoms with E-state index in [9.17, 15) is 9.59 Å². The zero-order chi connectivity index (χ0) is 15.1. The summed E-state index contributed by atoms with van der Waals surface area (Å²) in [4.78, 5) is 23.4. The Bertz CT molecular complexity index is 593. The van der Waals surface area contributed by atoms with Crippen LogP contribution in [0, 0.1) is 0 Å². The van der Waals surface area contributed by atoms with Gasteiger partial charge in [0.05, 0.1) is 18.4 Å². The number of amides is 1. The van der Waals surface area contributed by atoms with Gasteiger partial charge in [-0.3, -0.25) is 4.79 Å². The highest BCUT2D eigenvalue weighted by molar-refractivity contribution is 5.92. The lowest BCUT2D eigenvalue weighted by Gasteiger charge is -2.06. The molecule has 0 bridgehead atoms. The van der Waals surface area contributed by atoms with Crippen molar-refractivity contribution in [2.75, 3.05) is 11.9 Å². The molecule has 1 N–H and O–H groups in total. The fourth-order valence-corrected chi connectivity index (χ4v) is 1.63. The average Bonchev–Trinajstić information content (AvgIpc) is 2.98. The van der Waals surface area contributed by atoms with Crippen molar-refractivity contribution < 1.29 is 14.3 Å². The van der Waals surface area contributed by atoms with E-state index in [1.165, 1.54) is 10.9 Å². The van der Waals surface area contributed by atoms with Crippen molar-refractivity contribution in [3.63, 3.8) is 0 Å². The molecule has 0 spiro atoms. The monoisotopic (exact) mass is 288 g/mol. The van der Waals surface area contributed by atoms with Crippen LogP contribution in [0.5, 0.6) is 0 Å². The zero-order valence-electron chi connectivity index (χ0n) is 11.7. The number of rotatable bonds is 6. The van der Waals surface area contributed by atoms with Gasteiger partial charge in [0.2, 0.25) is 5.91 Å². The smallest absolute Gasteiger partial charge is 0.338 e. The lowest BCUT2D eigenvalue weighted by Crippen LogP contribution is -2.19. The number of nitrogens with zero attached hydrogens (tertiary/aromatic N) is 3. The number of benzene rings is 1. The summed E-state index contributed by atoms with van der Waals surface area (Å²) in [5.41, 5.74) is 1.06. The molecule has 110 valence electrons. The highest BCUT2D eigenvalue weighted by Gasteiger charge is 2.08. The topological polar surface area (TPSA) is 86.1 Å². The maximum atomic E-state index is 11.7. The Labute approximate surface area is 121 Å². The molecule has 1 aromatic heterocycles. The van der Waals surface area contributed by atoms with Gasteiger partial charge in [0.15, 0.2) is 0 Å². The number of hydrogen-bond donors (Lipinski definition) is 1. The number of esters is 1. The molecule has 7 nitrogen and oxygen atoms in total. The Balaban J connectivity index is 1.90. The van der Waals surface area contributed by atoms with Crippen LogP contribution in [0.15, 0.2) is 36.7 Å². The minimum Gasteiger partial charge on any atom is -0.462 e. The number of anilines is 1. The standard InChI is InChI=1S/C14H16N4O3/c1-2-9-21-14(20)11-3-5-12(6-4-11)16-13(19)10-18-8-7-15-17-18/h3-8H,2,9-10H2,1H3,(H,16,19). The molecule has 1 heterocycles. The number of hydrogen-bond acceptors (Lipinski definition) is 5. The fraction of sp³-hybridized carbons (Fsp3) is 0.286. The van der Waals surface area contributed by atoms with Gasteiger partial charge in [0.1, 0.15) is 6.54 Å². The quantitative estimate of drug-likeness (QED) is 0.814. The van der Waals surface area contributed by atoms with Crippen molar-refractivity contribution >= 4 is 17.6 Å². The number of carbonyl (C=O) groups is 2.